The van der Waals surface area contributed by atoms with Crippen LogP contribution in [-0.4, -0.2) is 18.8 Å². The third kappa shape index (κ3) is 8.66. The first-order chi connectivity index (χ1) is 15.9. The Morgan fingerprint density at radius 3 is 2.12 bits per heavy atom. The van der Waals surface area contributed by atoms with Gasteiger partial charge < -0.3 is 5.73 Å². The lowest BCUT2D eigenvalue weighted by Gasteiger charge is -2.36. The van der Waals surface area contributed by atoms with Gasteiger partial charge in [-0.3, -0.25) is 13.6 Å². The van der Waals surface area contributed by atoms with E-state index in [-0.39, 0.29) is 13.2 Å². The maximum absolute atomic E-state index is 12.9. The smallest absolute Gasteiger partial charge is 0.321 e. The molecular formula is C27H40NO4P. The van der Waals surface area contributed by atoms with Crippen LogP contribution in [0.2, 0.25) is 0 Å². The molecule has 1 fully saturated rings. The van der Waals surface area contributed by atoms with Crippen molar-refractivity contribution >= 4 is 7.82 Å². The molecule has 1 aliphatic heterocycles. The molecule has 0 aromatic heterocycles. The van der Waals surface area contributed by atoms with Crippen LogP contribution in [0.15, 0.2) is 54.6 Å². The number of rotatable bonds is 13. The van der Waals surface area contributed by atoms with Gasteiger partial charge in [0.15, 0.2) is 0 Å². The van der Waals surface area contributed by atoms with E-state index in [9.17, 15) is 4.57 Å². The number of hydrogen-bond donors (Lipinski definition) is 1. The Morgan fingerprint density at radius 1 is 0.909 bits per heavy atom. The lowest BCUT2D eigenvalue weighted by molar-refractivity contribution is 0.00853. The van der Waals surface area contributed by atoms with Gasteiger partial charge in [0, 0.05) is 0 Å². The molecule has 1 heterocycles. The van der Waals surface area contributed by atoms with E-state index in [0.717, 1.165) is 18.4 Å². The highest BCUT2D eigenvalue weighted by atomic mass is 31.2. The van der Waals surface area contributed by atoms with E-state index in [4.69, 9.17) is 19.3 Å². The van der Waals surface area contributed by atoms with Gasteiger partial charge in [0.2, 0.25) is 0 Å². The third-order valence-electron chi connectivity index (χ3n) is 6.33. The third-order valence-corrected chi connectivity index (χ3v) is 7.80. The van der Waals surface area contributed by atoms with Gasteiger partial charge in [0.05, 0.1) is 24.9 Å². The fraction of sp³-hybridized carbons (Fsp3) is 0.556. The van der Waals surface area contributed by atoms with Crippen LogP contribution in [0.3, 0.4) is 0 Å². The van der Waals surface area contributed by atoms with Gasteiger partial charge in [-0.2, -0.15) is 0 Å². The molecule has 1 unspecified atom stereocenters. The molecule has 1 aliphatic rings. The largest absolute Gasteiger partial charge is 0.475 e. The lowest BCUT2D eigenvalue weighted by Crippen LogP contribution is -2.51. The van der Waals surface area contributed by atoms with Crippen molar-refractivity contribution < 1.29 is 18.1 Å². The van der Waals surface area contributed by atoms with E-state index in [2.05, 4.69) is 31.2 Å². The minimum atomic E-state index is -3.62. The summed E-state index contributed by atoms with van der Waals surface area (Å²) >= 11 is 0. The van der Waals surface area contributed by atoms with Crippen LogP contribution in [0.5, 0.6) is 0 Å². The van der Waals surface area contributed by atoms with Crippen molar-refractivity contribution in [1.82, 2.24) is 0 Å². The van der Waals surface area contributed by atoms with Gasteiger partial charge in [-0.1, -0.05) is 93.6 Å². The van der Waals surface area contributed by atoms with Crippen LogP contribution in [0.25, 0.3) is 0 Å². The number of phosphoric acid groups is 1. The summed E-state index contributed by atoms with van der Waals surface area (Å²) in [5, 5.41) is 0. The van der Waals surface area contributed by atoms with Gasteiger partial charge in [-0.25, -0.2) is 4.57 Å². The van der Waals surface area contributed by atoms with Gasteiger partial charge in [-0.15, -0.1) is 0 Å². The quantitative estimate of drug-likeness (QED) is 0.247. The molecule has 0 aliphatic carbocycles. The molecule has 1 atom stereocenters. The highest BCUT2D eigenvalue weighted by Crippen LogP contribution is 2.56. The number of hydrogen-bond acceptors (Lipinski definition) is 5. The second-order valence-corrected chi connectivity index (χ2v) is 11.0. The van der Waals surface area contributed by atoms with Crippen LogP contribution in [-0.2, 0) is 31.0 Å². The maximum Gasteiger partial charge on any atom is 0.475 e. The molecule has 6 heteroatoms. The van der Waals surface area contributed by atoms with E-state index >= 15 is 0 Å². The zero-order valence-corrected chi connectivity index (χ0v) is 21.1. The number of aryl methyl sites for hydroxylation is 2. The Bertz CT molecular complexity index is 859. The van der Waals surface area contributed by atoms with E-state index in [1.54, 1.807) is 0 Å². The predicted octanol–water partition coefficient (Wildman–Crippen LogP) is 7.15. The molecule has 0 saturated carbocycles. The van der Waals surface area contributed by atoms with Crippen molar-refractivity contribution in [2.75, 3.05) is 13.2 Å². The van der Waals surface area contributed by atoms with Crippen molar-refractivity contribution in [2.45, 2.75) is 83.3 Å². The summed E-state index contributed by atoms with van der Waals surface area (Å²) in [4.78, 5) is 0. The minimum Gasteiger partial charge on any atom is -0.321 e. The first kappa shape index (κ1) is 26.1. The van der Waals surface area contributed by atoms with Crippen LogP contribution >= 0.6 is 7.82 Å². The highest BCUT2D eigenvalue weighted by Gasteiger charge is 2.42. The Balaban J connectivity index is 1.39. The number of nitrogens with two attached hydrogens (primary N) is 1. The molecule has 1 saturated heterocycles. The molecule has 2 aromatic carbocycles. The first-order valence-electron chi connectivity index (χ1n) is 12.4. The summed E-state index contributed by atoms with van der Waals surface area (Å²) in [5.41, 5.74) is 9.37. The minimum absolute atomic E-state index is 0.155. The average molecular weight is 474 g/mol. The monoisotopic (exact) mass is 473 g/mol. The molecule has 2 aromatic rings. The molecule has 0 amide bonds. The Kier molecular flexibility index (Phi) is 10.2. The summed E-state index contributed by atoms with van der Waals surface area (Å²) in [7, 11) is -3.62. The highest BCUT2D eigenvalue weighted by molar-refractivity contribution is 7.48. The molecule has 0 spiro atoms. The van der Waals surface area contributed by atoms with Gasteiger partial charge in [-0.05, 0) is 49.3 Å². The topological polar surface area (TPSA) is 70.8 Å². The molecule has 3 rings (SSSR count). The van der Waals surface area contributed by atoms with Crippen LogP contribution in [0, 0.1) is 0 Å². The van der Waals surface area contributed by atoms with E-state index in [1.165, 1.54) is 49.7 Å². The van der Waals surface area contributed by atoms with Crippen molar-refractivity contribution in [1.29, 1.82) is 0 Å². The van der Waals surface area contributed by atoms with Crippen LogP contribution < -0.4 is 5.73 Å². The molecule has 0 radical (unpaired) electrons. The Labute approximate surface area is 199 Å². The Hall–Kier alpha value is -1.49. The molecule has 5 nitrogen and oxygen atoms in total. The fourth-order valence-corrected chi connectivity index (χ4v) is 5.59. The van der Waals surface area contributed by atoms with Gasteiger partial charge in [0.25, 0.3) is 0 Å². The zero-order valence-electron chi connectivity index (χ0n) is 20.2. The molecule has 33 heavy (non-hydrogen) atoms. The van der Waals surface area contributed by atoms with Gasteiger partial charge >= 0.3 is 7.82 Å². The maximum atomic E-state index is 12.9. The van der Waals surface area contributed by atoms with E-state index in [1.807, 2.05) is 37.3 Å². The second-order valence-electron chi connectivity index (χ2n) is 9.35. The second kappa shape index (κ2) is 12.8. The summed E-state index contributed by atoms with van der Waals surface area (Å²) in [6.45, 7) is 4.40. The lowest BCUT2D eigenvalue weighted by atomic mass is 9.93. The summed E-state index contributed by atoms with van der Waals surface area (Å²) in [6.07, 6.45) is 10.2. The summed E-state index contributed by atoms with van der Waals surface area (Å²) in [6, 6.07) is 18.4. The summed E-state index contributed by atoms with van der Waals surface area (Å²) < 4.78 is 29.6. The normalized spacial score (nSPS) is 24.0. The molecule has 182 valence electrons. The number of benzene rings is 2. The van der Waals surface area contributed by atoms with Crippen molar-refractivity contribution in [2.24, 2.45) is 5.73 Å². The standard InChI is InChI=1S/C27H40NO4P/c1-3-4-5-6-7-9-12-24-15-17-25(18-16-24)19-20-27(28)21-30-33(29,31-22-27)32-23(2)26-13-10-8-11-14-26/h8,10-11,13-18,23H,3-7,9,12,19-22,28H2,1-2H3. The van der Waals surface area contributed by atoms with Gasteiger partial charge in [0.1, 0.15) is 0 Å². The van der Waals surface area contributed by atoms with Crippen LogP contribution in [0.1, 0.15) is 81.6 Å². The van der Waals surface area contributed by atoms with E-state index < -0.39 is 19.5 Å². The SMILES string of the molecule is CCCCCCCCc1ccc(CCC2(N)COP(=O)(OC(C)c3ccccc3)OC2)cc1. The zero-order chi connectivity index (χ0) is 23.6. The van der Waals surface area contributed by atoms with Crippen molar-refractivity contribution in [3.05, 3.63) is 71.3 Å². The summed E-state index contributed by atoms with van der Waals surface area (Å²) in [5.74, 6) is 0. The fourth-order valence-electron chi connectivity index (χ4n) is 4.05. The first-order valence-corrected chi connectivity index (χ1v) is 13.9. The van der Waals surface area contributed by atoms with Crippen LogP contribution in [0.4, 0.5) is 0 Å². The number of phosphoric ester groups is 1. The van der Waals surface area contributed by atoms with Crippen molar-refractivity contribution in [3.8, 4) is 0 Å². The number of unbranched alkanes of at least 4 members (excludes halogenated alkanes) is 5. The van der Waals surface area contributed by atoms with E-state index in [0.29, 0.717) is 6.42 Å². The average Bonchev–Trinajstić information content (AvgIpc) is 2.84. The predicted molar refractivity (Wildman–Crippen MR) is 134 cm³/mol. The Morgan fingerprint density at radius 2 is 1.48 bits per heavy atom. The van der Waals surface area contributed by atoms with Crippen molar-refractivity contribution in [3.63, 3.8) is 0 Å². The molecule has 2 N–H and O–H groups in total. The molecular weight excluding hydrogens is 433 g/mol. The molecule has 0 bridgehead atoms.